The minimum atomic E-state index is -4.13. The molecule has 0 bridgehead atoms. The number of rotatable bonds is 4. The van der Waals surface area contributed by atoms with Crippen molar-refractivity contribution in [1.82, 2.24) is 4.31 Å². The van der Waals surface area contributed by atoms with Crippen LogP contribution in [0.4, 0.5) is 5.69 Å². The van der Waals surface area contributed by atoms with Crippen molar-refractivity contribution in [2.45, 2.75) is 56.0 Å². The van der Waals surface area contributed by atoms with Gasteiger partial charge in [0.05, 0.1) is 9.82 Å². The van der Waals surface area contributed by atoms with Crippen molar-refractivity contribution in [2.75, 3.05) is 0 Å². The summed E-state index contributed by atoms with van der Waals surface area (Å²) in [5, 5.41) is 20.6. The van der Waals surface area contributed by atoms with Crippen molar-refractivity contribution in [3.63, 3.8) is 0 Å². The molecule has 2 aliphatic rings. The average molecular weight is 368 g/mol. The van der Waals surface area contributed by atoms with Crippen molar-refractivity contribution in [2.24, 2.45) is 5.92 Å². The van der Waals surface area contributed by atoms with Gasteiger partial charge in [-0.2, -0.15) is 4.31 Å². The molecule has 1 aliphatic heterocycles. The number of hydrogen-bond donors (Lipinski definition) is 1. The zero-order valence-corrected chi connectivity index (χ0v) is 14.6. The molecule has 1 saturated carbocycles. The molecule has 8 nitrogen and oxygen atoms in total. The first-order valence-electron chi connectivity index (χ1n) is 8.25. The second-order valence-corrected chi connectivity index (χ2v) is 8.59. The van der Waals surface area contributed by atoms with Gasteiger partial charge in [0, 0.05) is 17.7 Å². The van der Waals surface area contributed by atoms with Gasteiger partial charge in [-0.3, -0.25) is 14.9 Å². The van der Waals surface area contributed by atoms with Crippen LogP contribution in [0.5, 0.6) is 0 Å². The summed E-state index contributed by atoms with van der Waals surface area (Å²) in [6.45, 7) is 1.53. The molecule has 3 atom stereocenters. The third-order valence-corrected chi connectivity index (χ3v) is 7.20. The normalized spacial score (nSPS) is 27.0. The van der Waals surface area contributed by atoms with E-state index in [1.807, 2.05) is 0 Å². The number of hydrogen-bond acceptors (Lipinski definition) is 5. The van der Waals surface area contributed by atoms with E-state index in [1.54, 1.807) is 0 Å². The Hall–Kier alpha value is -2.00. The molecule has 1 aromatic carbocycles. The molecule has 136 valence electrons. The number of carboxylic acids is 1. The Labute approximate surface area is 145 Å². The first kappa shape index (κ1) is 17.8. The smallest absolute Gasteiger partial charge is 0.322 e. The molecule has 0 aromatic heterocycles. The third-order valence-electron chi connectivity index (χ3n) is 5.27. The molecule has 1 N–H and O–H groups in total. The first-order chi connectivity index (χ1) is 11.7. The minimum absolute atomic E-state index is 0.0325. The van der Waals surface area contributed by atoms with E-state index >= 15 is 0 Å². The third kappa shape index (κ3) is 3.02. The number of nitro groups is 1. The van der Waals surface area contributed by atoms with Crippen LogP contribution in [0.15, 0.2) is 23.1 Å². The quantitative estimate of drug-likeness (QED) is 0.643. The zero-order chi connectivity index (χ0) is 18.4. The zero-order valence-electron chi connectivity index (χ0n) is 13.8. The number of benzene rings is 1. The maximum atomic E-state index is 13.1. The van der Waals surface area contributed by atoms with Crippen LogP contribution in [-0.2, 0) is 14.8 Å². The summed E-state index contributed by atoms with van der Waals surface area (Å²) in [5.74, 6) is -1.13. The molecule has 3 rings (SSSR count). The second kappa shape index (κ2) is 6.38. The van der Waals surface area contributed by atoms with Gasteiger partial charge in [-0.25, -0.2) is 8.42 Å². The fourth-order valence-corrected chi connectivity index (χ4v) is 5.93. The SMILES string of the molecule is Cc1ccc(S(=O)(=O)N2C(C(=O)O)CC3CCCCC32)cc1[N+](=O)[O-]. The molecule has 3 unspecified atom stereocenters. The van der Waals surface area contributed by atoms with Crippen molar-refractivity contribution >= 4 is 21.7 Å². The summed E-state index contributed by atoms with van der Waals surface area (Å²) in [6.07, 6.45) is 3.56. The van der Waals surface area contributed by atoms with Gasteiger partial charge in [0.15, 0.2) is 0 Å². The van der Waals surface area contributed by atoms with Crippen LogP contribution in [0.1, 0.15) is 37.7 Å². The highest BCUT2D eigenvalue weighted by atomic mass is 32.2. The molecule has 1 heterocycles. The first-order valence-corrected chi connectivity index (χ1v) is 9.69. The Bertz CT molecular complexity index is 822. The van der Waals surface area contributed by atoms with Gasteiger partial charge in [-0.1, -0.05) is 18.9 Å². The molecular weight excluding hydrogens is 348 g/mol. The van der Waals surface area contributed by atoms with Crippen LogP contribution in [0.2, 0.25) is 0 Å². The summed E-state index contributed by atoms with van der Waals surface area (Å²) in [5.41, 5.74) is 0.0723. The van der Waals surface area contributed by atoms with Crippen molar-refractivity contribution in [3.05, 3.63) is 33.9 Å². The van der Waals surface area contributed by atoms with E-state index in [0.29, 0.717) is 18.4 Å². The van der Waals surface area contributed by atoms with E-state index in [1.165, 1.54) is 19.1 Å². The van der Waals surface area contributed by atoms with Crippen LogP contribution >= 0.6 is 0 Å². The average Bonchev–Trinajstić information content (AvgIpc) is 2.95. The number of nitrogens with zero attached hydrogens (tertiary/aromatic N) is 2. The van der Waals surface area contributed by atoms with Crippen LogP contribution < -0.4 is 0 Å². The Morgan fingerprint density at radius 3 is 2.64 bits per heavy atom. The Balaban J connectivity index is 2.07. The molecule has 1 aromatic rings. The fourth-order valence-electron chi connectivity index (χ4n) is 4.04. The number of carbonyl (C=O) groups is 1. The molecule has 0 amide bonds. The largest absolute Gasteiger partial charge is 0.480 e. The summed E-state index contributed by atoms with van der Waals surface area (Å²) in [6, 6.07) is 2.26. The highest BCUT2D eigenvalue weighted by molar-refractivity contribution is 7.89. The van der Waals surface area contributed by atoms with Gasteiger partial charge in [0.25, 0.3) is 5.69 Å². The summed E-state index contributed by atoms with van der Waals surface area (Å²) in [4.78, 5) is 21.9. The van der Waals surface area contributed by atoms with Gasteiger partial charge in [-0.05, 0) is 38.2 Å². The lowest BCUT2D eigenvalue weighted by atomic mass is 9.85. The molecule has 0 radical (unpaired) electrons. The standard InChI is InChI=1S/C16H20N2O6S/c1-10-6-7-12(9-14(10)18(21)22)25(23,24)17-13-5-3-2-4-11(13)8-15(17)16(19)20/h6-7,9,11,13,15H,2-5,8H2,1H3,(H,19,20). The van der Waals surface area contributed by atoms with E-state index in [4.69, 9.17) is 0 Å². The van der Waals surface area contributed by atoms with E-state index < -0.39 is 27.0 Å². The van der Waals surface area contributed by atoms with E-state index in [2.05, 4.69) is 0 Å². The van der Waals surface area contributed by atoms with Crippen LogP contribution in [0.25, 0.3) is 0 Å². The summed E-state index contributed by atoms with van der Waals surface area (Å²) >= 11 is 0. The monoisotopic (exact) mass is 368 g/mol. The molecule has 1 saturated heterocycles. The van der Waals surface area contributed by atoms with Gasteiger partial charge in [0.2, 0.25) is 10.0 Å². The highest BCUT2D eigenvalue weighted by Crippen LogP contribution is 2.43. The number of aryl methyl sites for hydroxylation is 1. The number of nitro benzene ring substituents is 1. The lowest BCUT2D eigenvalue weighted by Crippen LogP contribution is -2.46. The molecular formula is C16H20N2O6S. The number of sulfonamides is 1. The fraction of sp³-hybridized carbons (Fsp3) is 0.562. The molecule has 9 heteroatoms. The number of fused-ring (bicyclic) bond motifs is 1. The van der Waals surface area contributed by atoms with Crippen LogP contribution in [0, 0.1) is 23.0 Å². The van der Waals surface area contributed by atoms with Gasteiger partial charge < -0.3 is 5.11 Å². The molecule has 25 heavy (non-hydrogen) atoms. The Morgan fingerprint density at radius 1 is 1.32 bits per heavy atom. The van der Waals surface area contributed by atoms with E-state index in [0.717, 1.165) is 29.6 Å². The van der Waals surface area contributed by atoms with E-state index in [9.17, 15) is 28.4 Å². The predicted octanol–water partition coefficient (Wildman–Crippen LogP) is 2.31. The minimum Gasteiger partial charge on any atom is -0.480 e. The van der Waals surface area contributed by atoms with Crippen molar-refractivity contribution < 1.29 is 23.2 Å². The van der Waals surface area contributed by atoms with Gasteiger partial charge in [0.1, 0.15) is 6.04 Å². The van der Waals surface area contributed by atoms with E-state index in [-0.39, 0.29) is 22.5 Å². The van der Waals surface area contributed by atoms with Gasteiger partial charge in [-0.15, -0.1) is 0 Å². The van der Waals surface area contributed by atoms with Crippen LogP contribution in [0.3, 0.4) is 0 Å². The van der Waals surface area contributed by atoms with Crippen LogP contribution in [-0.4, -0.2) is 40.8 Å². The summed E-state index contributed by atoms with van der Waals surface area (Å²) in [7, 11) is -4.13. The Morgan fingerprint density at radius 2 is 2.00 bits per heavy atom. The second-order valence-electron chi connectivity index (χ2n) is 6.74. The molecule has 2 fully saturated rings. The maximum absolute atomic E-state index is 13.1. The number of aliphatic carboxylic acids is 1. The molecule has 0 spiro atoms. The summed E-state index contributed by atoms with van der Waals surface area (Å²) < 4.78 is 27.4. The maximum Gasteiger partial charge on any atom is 0.322 e. The predicted molar refractivity (Wildman–Crippen MR) is 88.6 cm³/mol. The Kier molecular flexibility index (Phi) is 4.54. The van der Waals surface area contributed by atoms with Crippen molar-refractivity contribution in [3.8, 4) is 0 Å². The number of carboxylic acid groups (broad SMARTS) is 1. The molecule has 1 aliphatic carbocycles. The topological polar surface area (TPSA) is 118 Å². The van der Waals surface area contributed by atoms with Crippen molar-refractivity contribution in [1.29, 1.82) is 0 Å². The van der Waals surface area contributed by atoms with Gasteiger partial charge >= 0.3 is 5.97 Å². The lowest BCUT2D eigenvalue weighted by Gasteiger charge is -2.32. The lowest BCUT2D eigenvalue weighted by molar-refractivity contribution is -0.385. The highest BCUT2D eigenvalue weighted by Gasteiger charge is 2.51.